The van der Waals surface area contributed by atoms with Gasteiger partial charge in [-0.05, 0) is 48.4 Å². The van der Waals surface area contributed by atoms with Gasteiger partial charge in [-0.3, -0.25) is 10.2 Å². The van der Waals surface area contributed by atoms with Crippen molar-refractivity contribution in [3.63, 3.8) is 0 Å². The zero-order valence-corrected chi connectivity index (χ0v) is 16.5. The Morgan fingerprint density at radius 2 is 1.97 bits per heavy atom. The van der Waals surface area contributed by atoms with Gasteiger partial charge in [-0.15, -0.1) is 0 Å². The van der Waals surface area contributed by atoms with Gasteiger partial charge >= 0.3 is 0 Å². The summed E-state index contributed by atoms with van der Waals surface area (Å²) in [6.07, 6.45) is 1.81. The van der Waals surface area contributed by atoms with Gasteiger partial charge in [0.2, 0.25) is 0 Å². The number of carbonyl (C=O) groups is 1. The summed E-state index contributed by atoms with van der Waals surface area (Å²) < 4.78 is 14.9. The Morgan fingerprint density at radius 3 is 2.77 bits per heavy atom. The maximum atomic E-state index is 13.3. The first kappa shape index (κ1) is 20.0. The lowest BCUT2D eigenvalue weighted by Crippen LogP contribution is -2.33. The highest BCUT2D eigenvalue weighted by Crippen LogP contribution is 2.26. The molecule has 8 nitrogen and oxygen atoms in total. The third-order valence-electron chi connectivity index (χ3n) is 4.92. The van der Waals surface area contributed by atoms with Crippen LogP contribution in [0, 0.1) is 11.2 Å². The summed E-state index contributed by atoms with van der Waals surface area (Å²) in [6, 6.07) is 14.9. The molecule has 2 aromatic carbocycles. The number of nitrogens with zero attached hydrogens (tertiary/aromatic N) is 3. The predicted molar refractivity (Wildman–Crippen MR) is 117 cm³/mol. The topological polar surface area (TPSA) is 135 Å². The van der Waals surface area contributed by atoms with E-state index in [1.807, 2.05) is 6.07 Å². The fraction of sp³-hybridized carbons (Fsp3) is 0.0909. The van der Waals surface area contributed by atoms with Crippen molar-refractivity contribution in [2.45, 2.75) is 6.42 Å². The number of hydrogen-bond acceptors (Lipinski definition) is 6. The molecule has 4 rings (SSSR count). The van der Waals surface area contributed by atoms with Gasteiger partial charge in [0.05, 0.1) is 5.69 Å². The first-order valence-corrected chi connectivity index (χ1v) is 9.53. The summed E-state index contributed by atoms with van der Waals surface area (Å²) in [6.45, 7) is 0.268. The Bertz CT molecular complexity index is 1300. The molecule has 0 bridgehead atoms. The summed E-state index contributed by atoms with van der Waals surface area (Å²) in [5, 5.41) is 15.2. The molecule has 0 atom stereocenters. The van der Waals surface area contributed by atoms with E-state index in [9.17, 15) is 9.18 Å². The van der Waals surface area contributed by atoms with Crippen LogP contribution in [0.5, 0.6) is 0 Å². The number of aromatic nitrogens is 3. The average molecular weight is 417 g/mol. The molecular formula is C22H20FN7O. The second-order valence-electron chi connectivity index (χ2n) is 6.97. The Morgan fingerprint density at radius 1 is 1.13 bits per heavy atom. The average Bonchev–Trinajstić information content (AvgIpc) is 3.19. The van der Waals surface area contributed by atoms with E-state index in [0.717, 1.165) is 16.8 Å². The fourth-order valence-corrected chi connectivity index (χ4v) is 3.33. The van der Waals surface area contributed by atoms with Crippen LogP contribution in [-0.4, -0.2) is 32.8 Å². The quantitative estimate of drug-likeness (QED) is 0.282. The predicted octanol–water partition coefficient (Wildman–Crippen LogP) is 2.43. The molecule has 0 saturated carbocycles. The van der Waals surface area contributed by atoms with Gasteiger partial charge in [-0.2, -0.15) is 5.10 Å². The molecule has 0 fully saturated rings. The highest BCUT2D eigenvalue weighted by Gasteiger charge is 2.17. The van der Waals surface area contributed by atoms with E-state index in [0.29, 0.717) is 29.0 Å². The number of hydrogen-bond donors (Lipinski definition) is 4. The van der Waals surface area contributed by atoms with Gasteiger partial charge in [-0.1, -0.05) is 18.2 Å². The van der Waals surface area contributed by atoms with Crippen LogP contribution in [0.3, 0.4) is 0 Å². The molecular weight excluding hydrogens is 397 g/mol. The van der Waals surface area contributed by atoms with Crippen LogP contribution in [0.1, 0.15) is 11.1 Å². The fourth-order valence-electron chi connectivity index (χ4n) is 3.33. The third-order valence-corrected chi connectivity index (χ3v) is 4.92. The number of nitrogens with two attached hydrogens (primary N) is 2. The highest BCUT2D eigenvalue weighted by molar-refractivity contribution is 6.45. The molecule has 156 valence electrons. The number of nitrogen functional groups attached to an aromatic ring is 2. The number of amides is 1. The molecule has 31 heavy (non-hydrogen) atoms. The van der Waals surface area contributed by atoms with Crippen molar-refractivity contribution in [1.82, 2.24) is 19.9 Å². The SMILES string of the molecule is N=C(C(=O)NCCc1cccc(F)c1)c1cc(-c2ccc3c(N)ncnn23)ccc1N. The lowest BCUT2D eigenvalue weighted by molar-refractivity contribution is -0.114. The number of nitrogens with one attached hydrogen (secondary N) is 2. The van der Waals surface area contributed by atoms with Crippen LogP contribution >= 0.6 is 0 Å². The Labute approximate surface area is 177 Å². The minimum Gasteiger partial charge on any atom is -0.398 e. The van der Waals surface area contributed by atoms with Gasteiger partial charge < -0.3 is 16.8 Å². The standard InChI is InChI=1S/C22H20FN7O/c23-15-3-1-2-13(10-15)8-9-27-22(31)20(25)16-11-14(4-5-17(16)24)18-6-7-19-21(26)28-12-29-30(18)19/h1-7,10-12,25H,8-9,24H2,(H,27,31)(H2,26,28,29). The normalized spacial score (nSPS) is 10.9. The molecule has 0 saturated heterocycles. The van der Waals surface area contributed by atoms with E-state index in [-0.39, 0.29) is 18.1 Å². The molecule has 0 aliphatic rings. The summed E-state index contributed by atoms with van der Waals surface area (Å²) >= 11 is 0. The van der Waals surface area contributed by atoms with E-state index >= 15 is 0 Å². The lowest BCUT2D eigenvalue weighted by Gasteiger charge is -2.11. The molecule has 2 heterocycles. The van der Waals surface area contributed by atoms with Gasteiger partial charge in [0.25, 0.3) is 5.91 Å². The zero-order chi connectivity index (χ0) is 22.0. The van der Waals surface area contributed by atoms with E-state index in [2.05, 4.69) is 15.4 Å². The second-order valence-corrected chi connectivity index (χ2v) is 6.97. The van der Waals surface area contributed by atoms with E-state index < -0.39 is 5.91 Å². The number of anilines is 2. The van der Waals surface area contributed by atoms with Gasteiger partial charge in [0, 0.05) is 23.4 Å². The number of benzene rings is 2. The lowest BCUT2D eigenvalue weighted by atomic mass is 10.0. The molecule has 0 unspecified atom stereocenters. The van der Waals surface area contributed by atoms with Crippen molar-refractivity contribution in [2.24, 2.45) is 0 Å². The minimum absolute atomic E-state index is 0.256. The van der Waals surface area contributed by atoms with Crippen molar-refractivity contribution in [3.8, 4) is 11.3 Å². The van der Waals surface area contributed by atoms with Crippen LogP contribution in [0.4, 0.5) is 15.9 Å². The molecule has 6 N–H and O–H groups in total. The molecule has 2 aromatic heterocycles. The molecule has 1 amide bonds. The zero-order valence-electron chi connectivity index (χ0n) is 16.5. The Balaban J connectivity index is 1.52. The van der Waals surface area contributed by atoms with Crippen LogP contribution < -0.4 is 16.8 Å². The summed E-state index contributed by atoms with van der Waals surface area (Å²) in [5.74, 6) is -0.541. The minimum atomic E-state index is -0.563. The van der Waals surface area contributed by atoms with Crippen molar-refractivity contribution in [3.05, 3.63) is 77.9 Å². The van der Waals surface area contributed by atoms with Crippen molar-refractivity contribution < 1.29 is 9.18 Å². The van der Waals surface area contributed by atoms with Gasteiger partial charge in [0.1, 0.15) is 23.4 Å². The molecule has 4 aromatic rings. The van der Waals surface area contributed by atoms with Crippen molar-refractivity contribution >= 4 is 28.6 Å². The highest BCUT2D eigenvalue weighted by atomic mass is 19.1. The van der Waals surface area contributed by atoms with Crippen LogP contribution in [0.2, 0.25) is 0 Å². The first-order valence-electron chi connectivity index (χ1n) is 9.53. The third kappa shape index (κ3) is 4.06. The number of halogens is 1. The van der Waals surface area contributed by atoms with E-state index in [4.69, 9.17) is 16.9 Å². The molecule has 9 heteroatoms. The largest absolute Gasteiger partial charge is 0.398 e. The van der Waals surface area contributed by atoms with Crippen molar-refractivity contribution in [1.29, 1.82) is 5.41 Å². The van der Waals surface area contributed by atoms with E-state index in [1.165, 1.54) is 18.5 Å². The molecule has 0 aliphatic heterocycles. The summed E-state index contributed by atoms with van der Waals surface area (Å²) in [7, 11) is 0. The summed E-state index contributed by atoms with van der Waals surface area (Å²) in [5.41, 5.74) is 15.1. The van der Waals surface area contributed by atoms with Gasteiger partial charge in [0.15, 0.2) is 5.82 Å². The van der Waals surface area contributed by atoms with E-state index in [1.54, 1.807) is 40.9 Å². The molecule has 0 aliphatic carbocycles. The van der Waals surface area contributed by atoms with Crippen molar-refractivity contribution in [2.75, 3.05) is 18.0 Å². The Hall–Kier alpha value is -4.27. The van der Waals surface area contributed by atoms with Crippen LogP contribution in [-0.2, 0) is 11.2 Å². The van der Waals surface area contributed by atoms with Crippen LogP contribution in [0.15, 0.2) is 60.9 Å². The van der Waals surface area contributed by atoms with Gasteiger partial charge in [-0.25, -0.2) is 13.9 Å². The number of fused-ring (bicyclic) bond motifs is 1. The first-order chi connectivity index (χ1) is 14.9. The maximum Gasteiger partial charge on any atom is 0.269 e. The summed E-state index contributed by atoms with van der Waals surface area (Å²) in [4.78, 5) is 16.5. The van der Waals surface area contributed by atoms with Crippen LogP contribution in [0.25, 0.3) is 16.8 Å². The molecule has 0 radical (unpaired) electrons. The smallest absolute Gasteiger partial charge is 0.269 e. The number of carbonyl (C=O) groups excluding carboxylic acids is 1. The number of rotatable bonds is 6. The second kappa shape index (κ2) is 8.23. The molecule has 0 spiro atoms. The maximum absolute atomic E-state index is 13.3. The monoisotopic (exact) mass is 417 g/mol. The Kier molecular flexibility index (Phi) is 5.31.